The standard InChI is InChI=1S/C14H17F2N3/c1-14(2,17)13-8-18-9-19(13)4-3-10-5-11(15)7-12(16)6-10/h5-9H,3-4,17H2,1-2H3. The quantitative estimate of drug-likeness (QED) is 0.923. The van der Waals surface area contributed by atoms with E-state index >= 15 is 0 Å². The lowest BCUT2D eigenvalue weighted by Crippen LogP contribution is -2.31. The minimum atomic E-state index is -0.556. The number of aromatic nitrogens is 2. The van der Waals surface area contributed by atoms with Gasteiger partial charge in [0.1, 0.15) is 11.6 Å². The van der Waals surface area contributed by atoms with E-state index in [0.29, 0.717) is 18.5 Å². The molecule has 5 heteroatoms. The largest absolute Gasteiger partial charge is 0.333 e. The van der Waals surface area contributed by atoms with Crippen molar-refractivity contribution >= 4 is 0 Å². The lowest BCUT2D eigenvalue weighted by Gasteiger charge is -2.20. The predicted molar refractivity (Wildman–Crippen MR) is 69.5 cm³/mol. The Balaban J connectivity index is 2.13. The molecule has 19 heavy (non-hydrogen) atoms. The molecule has 1 heterocycles. The zero-order valence-corrected chi connectivity index (χ0v) is 11.0. The SMILES string of the molecule is CC(C)(N)c1cncn1CCc1cc(F)cc(F)c1. The molecule has 0 aliphatic heterocycles. The van der Waals surface area contributed by atoms with E-state index in [-0.39, 0.29) is 0 Å². The number of benzene rings is 1. The van der Waals surface area contributed by atoms with Crippen LogP contribution in [0.3, 0.4) is 0 Å². The van der Waals surface area contributed by atoms with Crippen LogP contribution in [0, 0.1) is 11.6 Å². The molecule has 0 aliphatic carbocycles. The summed E-state index contributed by atoms with van der Waals surface area (Å²) < 4.78 is 28.1. The fourth-order valence-electron chi connectivity index (χ4n) is 2.04. The first-order valence-electron chi connectivity index (χ1n) is 6.11. The maximum absolute atomic E-state index is 13.1. The van der Waals surface area contributed by atoms with Crippen LogP contribution in [0.2, 0.25) is 0 Å². The predicted octanol–water partition coefficient (Wildman–Crippen LogP) is 2.60. The van der Waals surface area contributed by atoms with Gasteiger partial charge in [-0.05, 0) is 38.0 Å². The van der Waals surface area contributed by atoms with Gasteiger partial charge in [0.15, 0.2) is 0 Å². The number of hydrogen-bond donors (Lipinski definition) is 1. The second-order valence-corrected chi connectivity index (χ2v) is 5.22. The molecule has 0 unspecified atom stereocenters. The highest BCUT2D eigenvalue weighted by molar-refractivity contribution is 5.18. The van der Waals surface area contributed by atoms with Crippen molar-refractivity contribution in [3.8, 4) is 0 Å². The van der Waals surface area contributed by atoms with Gasteiger partial charge in [-0.2, -0.15) is 0 Å². The first-order chi connectivity index (χ1) is 8.86. The summed E-state index contributed by atoms with van der Waals surface area (Å²) >= 11 is 0. The third kappa shape index (κ3) is 3.38. The molecule has 0 saturated heterocycles. The maximum atomic E-state index is 13.1. The van der Waals surface area contributed by atoms with Gasteiger partial charge in [-0.3, -0.25) is 0 Å². The molecule has 0 radical (unpaired) electrons. The Kier molecular flexibility index (Phi) is 3.66. The number of aryl methyl sites for hydroxylation is 2. The van der Waals surface area contributed by atoms with Gasteiger partial charge < -0.3 is 10.3 Å². The van der Waals surface area contributed by atoms with E-state index in [4.69, 9.17) is 5.73 Å². The van der Waals surface area contributed by atoms with Crippen molar-refractivity contribution in [2.75, 3.05) is 0 Å². The molecule has 1 aromatic heterocycles. The number of nitrogens with two attached hydrogens (primary N) is 1. The highest BCUT2D eigenvalue weighted by atomic mass is 19.1. The lowest BCUT2D eigenvalue weighted by atomic mass is 10.0. The first kappa shape index (κ1) is 13.7. The smallest absolute Gasteiger partial charge is 0.126 e. The Hall–Kier alpha value is -1.75. The van der Waals surface area contributed by atoms with Crippen LogP contribution in [0.25, 0.3) is 0 Å². The minimum Gasteiger partial charge on any atom is -0.333 e. The Morgan fingerprint density at radius 2 is 1.84 bits per heavy atom. The van der Waals surface area contributed by atoms with Gasteiger partial charge in [0, 0.05) is 18.8 Å². The second-order valence-electron chi connectivity index (χ2n) is 5.22. The Morgan fingerprint density at radius 3 is 2.42 bits per heavy atom. The van der Waals surface area contributed by atoms with Gasteiger partial charge in [-0.25, -0.2) is 13.8 Å². The molecular weight excluding hydrogens is 248 g/mol. The highest BCUT2D eigenvalue weighted by Crippen LogP contribution is 2.17. The molecule has 102 valence electrons. The summed E-state index contributed by atoms with van der Waals surface area (Å²) in [5.74, 6) is -1.11. The molecule has 0 aliphatic rings. The van der Waals surface area contributed by atoms with Crippen LogP contribution in [0.15, 0.2) is 30.7 Å². The molecule has 0 fully saturated rings. The van der Waals surface area contributed by atoms with Crippen LogP contribution in [-0.2, 0) is 18.5 Å². The van der Waals surface area contributed by atoms with Crippen LogP contribution < -0.4 is 5.73 Å². The molecule has 2 aromatic rings. The summed E-state index contributed by atoms with van der Waals surface area (Å²) in [5, 5.41) is 0. The van der Waals surface area contributed by atoms with Crippen LogP contribution >= 0.6 is 0 Å². The van der Waals surface area contributed by atoms with Gasteiger partial charge in [-0.15, -0.1) is 0 Å². The van der Waals surface area contributed by atoms with E-state index in [9.17, 15) is 8.78 Å². The first-order valence-corrected chi connectivity index (χ1v) is 6.11. The average Bonchev–Trinajstić information content (AvgIpc) is 2.72. The van der Waals surface area contributed by atoms with Crippen LogP contribution in [-0.4, -0.2) is 9.55 Å². The lowest BCUT2D eigenvalue weighted by molar-refractivity contribution is 0.491. The van der Waals surface area contributed by atoms with Gasteiger partial charge in [0.05, 0.1) is 17.6 Å². The van der Waals surface area contributed by atoms with Crippen molar-refractivity contribution in [3.05, 3.63) is 53.6 Å². The fourth-order valence-corrected chi connectivity index (χ4v) is 2.04. The third-order valence-corrected chi connectivity index (χ3v) is 2.94. The highest BCUT2D eigenvalue weighted by Gasteiger charge is 2.18. The van der Waals surface area contributed by atoms with Gasteiger partial charge in [-0.1, -0.05) is 0 Å². The monoisotopic (exact) mass is 265 g/mol. The van der Waals surface area contributed by atoms with Crippen molar-refractivity contribution < 1.29 is 8.78 Å². The summed E-state index contributed by atoms with van der Waals surface area (Å²) in [6.45, 7) is 4.36. The molecule has 0 atom stereocenters. The van der Waals surface area contributed by atoms with Gasteiger partial charge in [0.25, 0.3) is 0 Å². The normalized spacial score (nSPS) is 11.8. The van der Waals surface area contributed by atoms with Gasteiger partial charge >= 0.3 is 0 Å². The Bertz CT molecular complexity index is 550. The fraction of sp³-hybridized carbons (Fsp3) is 0.357. The molecule has 0 saturated carbocycles. The topological polar surface area (TPSA) is 43.8 Å². The summed E-state index contributed by atoms with van der Waals surface area (Å²) in [7, 11) is 0. The average molecular weight is 265 g/mol. The second kappa shape index (κ2) is 5.09. The molecular formula is C14H17F2N3. The number of halogens is 2. The molecule has 2 N–H and O–H groups in total. The van der Waals surface area contributed by atoms with Crippen LogP contribution in [0.4, 0.5) is 8.78 Å². The summed E-state index contributed by atoms with van der Waals surface area (Å²) in [4.78, 5) is 4.07. The molecule has 0 spiro atoms. The summed E-state index contributed by atoms with van der Waals surface area (Å²) in [6, 6.07) is 3.55. The number of rotatable bonds is 4. The number of hydrogen-bond acceptors (Lipinski definition) is 2. The number of nitrogens with zero attached hydrogens (tertiary/aromatic N) is 2. The van der Waals surface area contributed by atoms with E-state index in [1.165, 1.54) is 12.1 Å². The van der Waals surface area contributed by atoms with Crippen molar-refractivity contribution in [1.29, 1.82) is 0 Å². The summed E-state index contributed by atoms with van der Waals surface area (Å²) in [5.41, 5.74) is 7.05. The van der Waals surface area contributed by atoms with E-state index < -0.39 is 17.2 Å². The molecule has 0 bridgehead atoms. The zero-order valence-electron chi connectivity index (χ0n) is 11.0. The zero-order chi connectivity index (χ0) is 14.0. The molecule has 2 rings (SSSR count). The Labute approximate surface area is 111 Å². The van der Waals surface area contributed by atoms with Crippen LogP contribution in [0.1, 0.15) is 25.1 Å². The maximum Gasteiger partial charge on any atom is 0.126 e. The molecule has 0 amide bonds. The molecule has 3 nitrogen and oxygen atoms in total. The third-order valence-electron chi connectivity index (χ3n) is 2.94. The Morgan fingerprint density at radius 1 is 1.21 bits per heavy atom. The minimum absolute atomic E-state index is 0.496. The van der Waals surface area contributed by atoms with Crippen molar-refractivity contribution in [2.24, 2.45) is 5.73 Å². The van der Waals surface area contributed by atoms with Gasteiger partial charge in [0.2, 0.25) is 0 Å². The van der Waals surface area contributed by atoms with Crippen LogP contribution in [0.5, 0.6) is 0 Å². The van der Waals surface area contributed by atoms with Crippen molar-refractivity contribution in [3.63, 3.8) is 0 Å². The molecule has 1 aromatic carbocycles. The van der Waals surface area contributed by atoms with Crippen molar-refractivity contribution in [1.82, 2.24) is 9.55 Å². The van der Waals surface area contributed by atoms with Crippen molar-refractivity contribution in [2.45, 2.75) is 32.4 Å². The van der Waals surface area contributed by atoms with E-state index in [1.54, 1.807) is 12.5 Å². The van der Waals surface area contributed by atoms with E-state index in [0.717, 1.165) is 11.8 Å². The summed E-state index contributed by atoms with van der Waals surface area (Å²) in [6.07, 6.45) is 3.92. The van der Waals surface area contributed by atoms with E-state index in [1.807, 2.05) is 18.4 Å². The number of imidazole rings is 1. The van der Waals surface area contributed by atoms with E-state index in [2.05, 4.69) is 4.98 Å².